The van der Waals surface area contributed by atoms with Crippen LogP contribution in [0.4, 0.5) is 19.0 Å². The molecule has 0 saturated heterocycles. The van der Waals surface area contributed by atoms with E-state index in [1.54, 1.807) is 6.20 Å². The van der Waals surface area contributed by atoms with E-state index in [4.69, 9.17) is 0 Å². The Hall–Kier alpha value is -3.72. The molecule has 2 N–H and O–H groups in total. The monoisotopic (exact) mass is 438 g/mol. The predicted octanol–water partition coefficient (Wildman–Crippen LogP) is 5.18. The third kappa shape index (κ3) is 4.62. The Labute approximate surface area is 182 Å². The second kappa shape index (κ2) is 8.43. The second-order valence-corrected chi connectivity index (χ2v) is 7.69. The summed E-state index contributed by atoms with van der Waals surface area (Å²) in [7, 11) is 4.00. The summed E-state index contributed by atoms with van der Waals surface area (Å²) in [5.41, 5.74) is 4.01. The van der Waals surface area contributed by atoms with Crippen LogP contribution in [-0.2, 0) is 12.7 Å². The van der Waals surface area contributed by atoms with Gasteiger partial charge in [-0.3, -0.25) is 10.1 Å². The van der Waals surface area contributed by atoms with E-state index in [1.165, 1.54) is 6.07 Å². The lowest BCUT2D eigenvalue weighted by molar-refractivity contribution is -0.137. The minimum absolute atomic E-state index is 0.246. The summed E-state index contributed by atoms with van der Waals surface area (Å²) in [6.07, 6.45) is -0.00640. The molecule has 164 valence electrons. The zero-order valence-corrected chi connectivity index (χ0v) is 17.5. The van der Waals surface area contributed by atoms with Gasteiger partial charge < -0.3 is 10.2 Å². The zero-order chi connectivity index (χ0) is 22.9. The molecule has 3 heterocycles. The van der Waals surface area contributed by atoms with Crippen molar-refractivity contribution in [2.24, 2.45) is 0 Å². The van der Waals surface area contributed by atoms with Gasteiger partial charge in [0, 0.05) is 36.1 Å². The van der Waals surface area contributed by atoms with Crippen molar-refractivity contribution in [3.8, 4) is 11.1 Å². The topological polar surface area (TPSA) is 69.7 Å². The Balaban J connectivity index is 1.61. The molecule has 0 spiro atoms. The van der Waals surface area contributed by atoms with Crippen molar-refractivity contribution in [1.82, 2.24) is 25.1 Å². The Morgan fingerprint density at radius 1 is 1.06 bits per heavy atom. The van der Waals surface area contributed by atoms with Gasteiger partial charge in [0.2, 0.25) is 0 Å². The van der Waals surface area contributed by atoms with Crippen molar-refractivity contribution in [3.05, 3.63) is 78.4 Å². The number of halogens is 3. The molecule has 1 aromatic carbocycles. The van der Waals surface area contributed by atoms with Crippen LogP contribution in [-0.4, -0.2) is 39.2 Å². The maximum Gasteiger partial charge on any atom is 0.417 e. The molecule has 0 aliphatic rings. The van der Waals surface area contributed by atoms with E-state index in [-0.39, 0.29) is 5.82 Å². The Morgan fingerprint density at radius 3 is 2.56 bits per heavy atom. The smallest absolute Gasteiger partial charge is 0.339 e. The molecule has 0 bridgehead atoms. The molecular formula is C23H21F3N6. The number of nitrogens with one attached hydrogen (secondary N) is 2. The molecule has 0 aliphatic heterocycles. The minimum atomic E-state index is -4.43. The second-order valence-electron chi connectivity index (χ2n) is 7.69. The number of hydrogen-bond donors (Lipinski definition) is 2. The van der Waals surface area contributed by atoms with Gasteiger partial charge in [-0.25, -0.2) is 4.98 Å². The van der Waals surface area contributed by atoms with Gasteiger partial charge in [0.1, 0.15) is 11.5 Å². The highest BCUT2D eigenvalue weighted by Crippen LogP contribution is 2.31. The number of rotatable bonds is 6. The molecule has 0 aliphatic carbocycles. The predicted molar refractivity (Wildman–Crippen MR) is 119 cm³/mol. The van der Waals surface area contributed by atoms with Gasteiger partial charge in [0.05, 0.1) is 16.8 Å². The van der Waals surface area contributed by atoms with E-state index in [9.17, 15) is 13.2 Å². The van der Waals surface area contributed by atoms with E-state index in [0.717, 1.165) is 46.4 Å². The van der Waals surface area contributed by atoms with Gasteiger partial charge in [0.25, 0.3) is 0 Å². The molecule has 9 heteroatoms. The lowest BCUT2D eigenvalue weighted by atomic mass is 10.0. The van der Waals surface area contributed by atoms with E-state index in [0.29, 0.717) is 11.4 Å². The van der Waals surface area contributed by atoms with Crippen LogP contribution < -0.4 is 5.32 Å². The third-order valence-corrected chi connectivity index (χ3v) is 4.85. The lowest BCUT2D eigenvalue weighted by Crippen LogP contribution is -2.10. The average molecular weight is 438 g/mol. The summed E-state index contributed by atoms with van der Waals surface area (Å²) in [4.78, 5) is 10.3. The van der Waals surface area contributed by atoms with Crippen LogP contribution in [0.1, 0.15) is 16.8 Å². The molecule has 32 heavy (non-hydrogen) atoms. The highest BCUT2D eigenvalue weighted by atomic mass is 19.4. The number of alkyl halides is 3. The number of benzene rings is 1. The molecule has 0 atom stereocenters. The van der Waals surface area contributed by atoms with Crippen LogP contribution in [0.3, 0.4) is 0 Å². The normalized spacial score (nSPS) is 11.8. The molecule has 4 aromatic rings. The van der Waals surface area contributed by atoms with Crippen LogP contribution >= 0.6 is 0 Å². The Morgan fingerprint density at radius 2 is 1.88 bits per heavy atom. The quantitative estimate of drug-likeness (QED) is 0.434. The number of anilines is 1. The van der Waals surface area contributed by atoms with Crippen LogP contribution in [0.5, 0.6) is 0 Å². The summed E-state index contributed by atoms with van der Waals surface area (Å²) in [6, 6.07) is 10.2. The van der Waals surface area contributed by atoms with Crippen LogP contribution in [0.15, 0.2) is 61.6 Å². The molecule has 4 rings (SSSR count). The van der Waals surface area contributed by atoms with Gasteiger partial charge in [-0.05, 0) is 55.6 Å². The van der Waals surface area contributed by atoms with Crippen molar-refractivity contribution in [2.75, 3.05) is 19.4 Å². The van der Waals surface area contributed by atoms with Gasteiger partial charge in [0.15, 0.2) is 0 Å². The molecule has 6 nitrogen and oxygen atoms in total. The molecule has 0 fully saturated rings. The standard InChI is InChI=1S/C23H21F3N6/c1-14(29-21-7-5-18(12-28-21)23(24,25)26)22-19-9-16(4-6-20(19)30-31-22)17-8-15(10-27-11-17)13-32(2)3/h4-12H,1,13H2,2-3H3,(H,28,29)(H,30,31). The molecular weight excluding hydrogens is 417 g/mol. The van der Waals surface area contributed by atoms with Crippen molar-refractivity contribution >= 4 is 22.4 Å². The summed E-state index contributed by atoms with van der Waals surface area (Å²) in [5, 5.41) is 11.0. The van der Waals surface area contributed by atoms with Crippen LogP contribution in [0.25, 0.3) is 27.7 Å². The third-order valence-electron chi connectivity index (χ3n) is 4.85. The molecule has 0 radical (unpaired) electrons. The number of pyridine rings is 2. The summed E-state index contributed by atoms with van der Waals surface area (Å²) >= 11 is 0. The van der Waals surface area contributed by atoms with Gasteiger partial charge in [-0.1, -0.05) is 12.6 Å². The fraction of sp³-hybridized carbons (Fsp3) is 0.174. The first-order chi connectivity index (χ1) is 15.2. The first-order valence-corrected chi connectivity index (χ1v) is 9.77. The average Bonchev–Trinajstić information content (AvgIpc) is 3.16. The van der Waals surface area contributed by atoms with Crippen molar-refractivity contribution < 1.29 is 13.2 Å². The van der Waals surface area contributed by atoms with Gasteiger partial charge in [-0.2, -0.15) is 18.3 Å². The highest BCUT2D eigenvalue weighted by Gasteiger charge is 2.30. The maximum absolute atomic E-state index is 12.7. The molecule has 0 amide bonds. The van der Waals surface area contributed by atoms with Crippen LogP contribution in [0.2, 0.25) is 0 Å². The maximum atomic E-state index is 12.7. The van der Waals surface area contributed by atoms with E-state index >= 15 is 0 Å². The number of aromatic nitrogens is 4. The van der Waals surface area contributed by atoms with E-state index < -0.39 is 11.7 Å². The number of aromatic amines is 1. The number of fused-ring (bicyclic) bond motifs is 1. The largest absolute Gasteiger partial charge is 0.417 e. The summed E-state index contributed by atoms with van der Waals surface area (Å²) in [5.74, 6) is 0.246. The van der Waals surface area contributed by atoms with Gasteiger partial charge in [-0.15, -0.1) is 0 Å². The first-order valence-electron chi connectivity index (χ1n) is 9.77. The SMILES string of the molecule is C=C(Nc1ccc(C(F)(F)F)cn1)c1n[nH]c2ccc(-c3cncc(CN(C)C)c3)cc12. The summed E-state index contributed by atoms with van der Waals surface area (Å²) < 4.78 is 38.2. The van der Waals surface area contributed by atoms with Crippen molar-refractivity contribution in [2.45, 2.75) is 12.7 Å². The van der Waals surface area contributed by atoms with Gasteiger partial charge >= 0.3 is 6.18 Å². The molecule has 3 aromatic heterocycles. The van der Waals surface area contributed by atoms with E-state index in [2.05, 4.69) is 43.0 Å². The molecule has 0 saturated carbocycles. The van der Waals surface area contributed by atoms with Crippen molar-refractivity contribution in [1.29, 1.82) is 0 Å². The fourth-order valence-electron chi connectivity index (χ4n) is 3.37. The van der Waals surface area contributed by atoms with Crippen LogP contribution in [0, 0.1) is 0 Å². The lowest BCUT2D eigenvalue weighted by Gasteiger charge is -2.11. The van der Waals surface area contributed by atoms with Crippen molar-refractivity contribution in [3.63, 3.8) is 0 Å². The number of hydrogen-bond acceptors (Lipinski definition) is 5. The number of H-pyrrole nitrogens is 1. The minimum Gasteiger partial charge on any atom is -0.339 e. The highest BCUT2D eigenvalue weighted by molar-refractivity contribution is 5.94. The Bertz CT molecular complexity index is 1260. The van der Waals surface area contributed by atoms with E-state index in [1.807, 2.05) is 38.5 Å². The molecule has 0 unspecified atom stereocenters. The first kappa shape index (κ1) is 21.5. The fourth-order valence-corrected chi connectivity index (χ4v) is 3.37. The summed E-state index contributed by atoms with van der Waals surface area (Å²) in [6.45, 7) is 4.77. The number of nitrogens with zero attached hydrogens (tertiary/aromatic N) is 4. The Kier molecular flexibility index (Phi) is 5.67. The zero-order valence-electron chi connectivity index (χ0n) is 17.5.